The van der Waals surface area contributed by atoms with Crippen LogP contribution in [0.25, 0.3) is 0 Å². The van der Waals surface area contributed by atoms with Crippen molar-refractivity contribution in [2.75, 3.05) is 57.3 Å². The fraction of sp³-hybridized carbons (Fsp3) is 0.571. The quantitative estimate of drug-likeness (QED) is 0.735. The van der Waals surface area contributed by atoms with Gasteiger partial charge in [0, 0.05) is 58.0 Å². The van der Waals surface area contributed by atoms with Gasteiger partial charge in [0.05, 0.1) is 10.0 Å². The van der Waals surface area contributed by atoms with E-state index in [0.29, 0.717) is 10.0 Å². The molecule has 20 heavy (non-hydrogen) atoms. The third-order valence-electron chi connectivity index (χ3n) is 3.34. The van der Waals surface area contributed by atoms with E-state index in [0.717, 1.165) is 58.0 Å². The molecule has 2 aliphatic heterocycles. The topological polar surface area (TPSA) is 39.3 Å². The van der Waals surface area contributed by atoms with Crippen molar-refractivity contribution < 1.29 is 0 Å². The van der Waals surface area contributed by atoms with Crippen molar-refractivity contribution in [2.24, 2.45) is 0 Å². The van der Waals surface area contributed by atoms with Gasteiger partial charge in [0.1, 0.15) is 0 Å². The Morgan fingerprint density at radius 1 is 0.750 bits per heavy atom. The molecule has 112 valence electrons. The molecule has 2 aliphatic rings. The second-order valence-corrected chi connectivity index (χ2v) is 5.65. The predicted molar refractivity (Wildman–Crippen MR) is 87.3 cm³/mol. The second kappa shape index (κ2) is 8.70. The minimum atomic E-state index is 0.616. The Labute approximate surface area is 130 Å². The standard InChI is InChI=1S/C10H12Cl2N2.C4H10N2/c11-9-2-1-8(7-10(9)12)14-5-3-13-4-6-14;1-2-6-4-3-5-1/h1-2,7,13H,3-6H2;5-6H,1-4H2. The van der Waals surface area contributed by atoms with Crippen molar-refractivity contribution in [3.8, 4) is 0 Å². The summed E-state index contributed by atoms with van der Waals surface area (Å²) in [6, 6.07) is 5.79. The first-order valence-electron chi connectivity index (χ1n) is 7.09. The monoisotopic (exact) mass is 316 g/mol. The lowest BCUT2D eigenvalue weighted by molar-refractivity contribution is 0.534. The molecule has 0 radical (unpaired) electrons. The molecule has 0 aromatic heterocycles. The van der Waals surface area contributed by atoms with Gasteiger partial charge in [0.15, 0.2) is 0 Å². The second-order valence-electron chi connectivity index (χ2n) is 4.84. The molecule has 0 amide bonds. The first kappa shape index (κ1) is 15.9. The van der Waals surface area contributed by atoms with E-state index in [1.165, 1.54) is 0 Å². The van der Waals surface area contributed by atoms with Crippen molar-refractivity contribution in [2.45, 2.75) is 0 Å². The Balaban J connectivity index is 0.000000205. The molecule has 3 rings (SSSR count). The maximum atomic E-state index is 5.96. The molecule has 0 atom stereocenters. The van der Waals surface area contributed by atoms with Gasteiger partial charge >= 0.3 is 0 Å². The van der Waals surface area contributed by atoms with Crippen LogP contribution in [0.5, 0.6) is 0 Å². The summed E-state index contributed by atoms with van der Waals surface area (Å²) in [7, 11) is 0. The Kier molecular flexibility index (Phi) is 6.90. The normalized spacial score (nSPS) is 19.2. The number of rotatable bonds is 1. The molecular weight excluding hydrogens is 295 g/mol. The number of benzene rings is 1. The summed E-state index contributed by atoms with van der Waals surface area (Å²) in [6.45, 7) is 8.66. The number of piperazine rings is 2. The van der Waals surface area contributed by atoms with Gasteiger partial charge in [-0.3, -0.25) is 0 Å². The average Bonchev–Trinajstić information content (AvgIpc) is 2.53. The number of halogens is 2. The maximum Gasteiger partial charge on any atom is 0.0612 e. The summed E-state index contributed by atoms with van der Waals surface area (Å²) in [6.07, 6.45) is 0. The van der Waals surface area contributed by atoms with Crippen LogP contribution in [0.1, 0.15) is 0 Å². The molecule has 0 spiro atoms. The van der Waals surface area contributed by atoms with E-state index in [2.05, 4.69) is 20.9 Å². The molecule has 1 aromatic carbocycles. The van der Waals surface area contributed by atoms with Crippen LogP contribution in [0.15, 0.2) is 18.2 Å². The highest BCUT2D eigenvalue weighted by Gasteiger charge is 2.11. The summed E-state index contributed by atoms with van der Waals surface area (Å²) in [5.41, 5.74) is 1.15. The fourth-order valence-corrected chi connectivity index (χ4v) is 2.50. The zero-order chi connectivity index (χ0) is 14.2. The number of nitrogens with one attached hydrogen (secondary N) is 3. The Morgan fingerprint density at radius 3 is 1.80 bits per heavy atom. The molecule has 2 saturated heterocycles. The highest BCUT2D eigenvalue weighted by atomic mass is 35.5. The third-order valence-corrected chi connectivity index (χ3v) is 4.08. The Bertz CT molecular complexity index is 393. The van der Waals surface area contributed by atoms with Crippen LogP contribution in [0.3, 0.4) is 0 Å². The van der Waals surface area contributed by atoms with Crippen LogP contribution in [0.4, 0.5) is 5.69 Å². The van der Waals surface area contributed by atoms with E-state index in [1.807, 2.05) is 18.2 Å². The molecule has 0 saturated carbocycles. The highest BCUT2D eigenvalue weighted by molar-refractivity contribution is 6.42. The van der Waals surface area contributed by atoms with Crippen molar-refractivity contribution in [3.05, 3.63) is 28.2 Å². The lowest BCUT2D eigenvalue weighted by Crippen LogP contribution is -2.43. The third kappa shape index (κ3) is 5.11. The van der Waals surface area contributed by atoms with Gasteiger partial charge in [-0.05, 0) is 18.2 Å². The van der Waals surface area contributed by atoms with Crippen molar-refractivity contribution in [1.29, 1.82) is 0 Å². The number of anilines is 1. The average molecular weight is 317 g/mol. The van der Waals surface area contributed by atoms with E-state index < -0.39 is 0 Å². The van der Waals surface area contributed by atoms with Gasteiger partial charge in [-0.2, -0.15) is 0 Å². The van der Waals surface area contributed by atoms with Crippen LogP contribution in [0.2, 0.25) is 10.0 Å². The maximum absolute atomic E-state index is 5.96. The number of nitrogens with zero attached hydrogens (tertiary/aromatic N) is 1. The van der Waals surface area contributed by atoms with Crippen molar-refractivity contribution in [1.82, 2.24) is 16.0 Å². The number of hydrogen-bond donors (Lipinski definition) is 3. The molecule has 0 unspecified atom stereocenters. The van der Waals surface area contributed by atoms with E-state index in [4.69, 9.17) is 23.2 Å². The summed E-state index contributed by atoms with van der Waals surface area (Å²) < 4.78 is 0. The van der Waals surface area contributed by atoms with Gasteiger partial charge < -0.3 is 20.9 Å². The molecule has 2 heterocycles. The molecule has 4 nitrogen and oxygen atoms in total. The molecular formula is C14H22Cl2N4. The van der Waals surface area contributed by atoms with Crippen LogP contribution < -0.4 is 20.9 Å². The lowest BCUT2D eigenvalue weighted by Gasteiger charge is -2.29. The SMILES string of the molecule is C1CNCCN1.Clc1ccc(N2CCNCC2)cc1Cl. The van der Waals surface area contributed by atoms with E-state index in [1.54, 1.807) is 0 Å². The van der Waals surface area contributed by atoms with E-state index >= 15 is 0 Å². The Hall–Kier alpha value is -0.520. The molecule has 1 aromatic rings. The smallest absolute Gasteiger partial charge is 0.0612 e. The Morgan fingerprint density at radius 2 is 1.30 bits per heavy atom. The van der Waals surface area contributed by atoms with Crippen molar-refractivity contribution >= 4 is 28.9 Å². The molecule has 6 heteroatoms. The molecule has 0 bridgehead atoms. The van der Waals surface area contributed by atoms with Crippen molar-refractivity contribution in [3.63, 3.8) is 0 Å². The van der Waals surface area contributed by atoms with Gasteiger partial charge in [-0.15, -0.1) is 0 Å². The summed E-state index contributed by atoms with van der Waals surface area (Å²) in [5, 5.41) is 11.0. The zero-order valence-electron chi connectivity index (χ0n) is 11.6. The van der Waals surface area contributed by atoms with Crippen LogP contribution in [-0.2, 0) is 0 Å². The summed E-state index contributed by atoms with van der Waals surface area (Å²) in [4.78, 5) is 2.30. The molecule has 0 aliphatic carbocycles. The minimum absolute atomic E-state index is 0.616. The predicted octanol–water partition coefficient (Wildman–Crippen LogP) is 1.58. The first-order chi connectivity index (χ1) is 9.77. The van der Waals surface area contributed by atoms with E-state index in [9.17, 15) is 0 Å². The largest absolute Gasteiger partial charge is 0.369 e. The highest BCUT2D eigenvalue weighted by Crippen LogP contribution is 2.27. The van der Waals surface area contributed by atoms with Gasteiger partial charge in [0.2, 0.25) is 0 Å². The zero-order valence-corrected chi connectivity index (χ0v) is 13.1. The molecule has 2 fully saturated rings. The first-order valence-corrected chi connectivity index (χ1v) is 7.85. The summed E-state index contributed by atoms with van der Waals surface area (Å²) in [5.74, 6) is 0. The molecule has 3 N–H and O–H groups in total. The minimum Gasteiger partial charge on any atom is -0.369 e. The van der Waals surface area contributed by atoms with E-state index in [-0.39, 0.29) is 0 Å². The summed E-state index contributed by atoms with van der Waals surface area (Å²) >= 11 is 11.8. The van der Waals surface area contributed by atoms with Gasteiger partial charge in [-0.25, -0.2) is 0 Å². The van der Waals surface area contributed by atoms with Gasteiger partial charge in [-0.1, -0.05) is 23.2 Å². The number of hydrogen-bond acceptors (Lipinski definition) is 4. The lowest BCUT2D eigenvalue weighted by atomic mass is 10.2. The van der Waals surface area contributed by atoms with Crippen LogP contribution in [-0.4, -0.2) is 52.4 Å². The van der Waals surface area contributed by atoms with Gasteiger partial charge in [0.25, 0.3) is 0 Å². The van der Waals surface area contributed by atoms with Crippen LogP contribution in [0, 0.1) is 0 Å². The fourth-order valence-electron chi connectivity index (χ4n) is 2.21. The van der Waals surface area contributed by atoms with Crippen LogP contribution >= 0.6 is 23.2 Å².